The zero-order valence-corrected chi connectivity index (χ0v) is 17.2. The number of hydrogen-bond donors (Lipinski definition) is 0. The Hall–Kier alpha value is -0.161. The first-order valence-electron chi connectivity index (χ1n) is 7.05. The van der Waals surface area contributed by atoms with Gasteiger partial charge in [0.25, 0.3) is 0 Å². The fourth-order valence-electron chi connectivity index (χ4n) is 3.87. The van der Waals surface area contributed by atoms with Crippen LogP contribution in [0.15, 0.2) is 20.2 Å². The van der Waals surface area contributed by atoms with Crippen LogP contribution in [0, 0.1) is 0 Å². The molecule has 0 spiro atoms. The molecular formula is C16H21BrO2Sn. The summed E-state index contributed by atoms with van der Waals surface area (Å²) in [5.74, 6) is 3.06. The van der Waals surface area contributed by atoms with E-state index in [-0.39, 0.29) is 0 Å². The van der Waals surface area contributed by atoms with E-state index in [0.717, 1.165) is 11.5 Å². The van der Waals surface area contributed by atoms with Gasteiger partial charge in [0.2, 0.25) is 0 Å². The Labute approximate surface area is 133 Å². The van der Waals surface area contributed by atoms with E-state index >= 15 is 0 Å². The van der Waals surface area contributed by atoms with Crippen molar-refractivity contribution in [1.82, 2.24) is 0 Å². The van der Waals surface area contributed by atoms with Crippen molar-refractivity contribution in [3.05, 3.63) is 31.3 Å². The Bertz CT molecular complexity index is 601. The molecule has 0 amide bonds. The van der Waals surface area contributed by atoms with E-state index in [4.69, 9.17) is 9.47 Å². The summed E-state index contributed by atoms with van der Waals surface area (Å²) in [4.78, 5) is 7.49. The first-order valence-corrected chi connectivity index (χ1v) is 17.8. The fraction of sp³-hybridized carbons (Fsp3) is 0.500. The summed E-state index contributed by atoms with van der Waals surface area (Å²) in [6.07, 6.45) is 1.19. The fourth-order valence-corrected chi connectivity index (χ4v) is 14.8. The van der Waals surface area contributed by atoms with Gasteiger partial charge in [0.05, 0.1) is 0 Å². The molecule has 2 nitrogen and oxygen atoms in total. The number of hydrogen-bond acceptors (Lipinski definition) is 2. The van der Waals surface area contributed by atoms with Crippen LogP contribution in [0.5, 0.6) is 11.5 Å². The standard InChI is InChI=1S/C13H12BrO2.3CH3.Sn/c1-15-10-3-4-11(16-2)13-8-5-7(12(10)13)6-9(8)14;;;;/h3-4,7-8H,5H2,1-2H3;3*1H3;/t7-,8+;;;;/m1..../s1. The van der Waals surface area contributed by atoms with Crippen LogP contribution in [0.2, 0.25) is 14.8 Å². The Morgan fingerprint density at radius 2 is 1.50 bits per heavy atom. The van der Waals surface area contributed by atoms with Crippen molar-refractivity contribution in [1.29, 1.82) is 0 Å². The van der Waals surface area contributed by atoms with E-state index in [1.54, 1.807) is 17.8 Å². The molecule has 2 atom stereocenters. The first-order chi connectivity index (χ1) is 9.40. The van der Waals surface area contributed by atoms with E-state index in [2.05, 4.69) is 36.8 Å². The third-order valence-electron chi connectivity index (χ3n) is 4.54. The number of halogens is 1. The molecule has 108 valence electrons. The summed E-state index contributed by atoms with van der Waals surface area (Å²) < 4.78 is 14.4. The zero-order chi connectivity index (χ0) is 14.7. The summed E-state index contributed by atoms with van der Waals surface area (Å²) >= 11 is 1.81. The Balaban J connectivity index is 2.22. The maximum absolute atomic E-state index is 5.64. The molecule has 0 unspecified atom stereocenters. The molecule has 2 bridgehead atoms. The predicted molar refractivity (Wildman–Crippen MR) is 88.9 cm³/mol. The van der Waals surface area contributed by atoms with Gasteiger partial charge >= 0.3 is 134 Å². The SMILES string of the molecule is COc1ccc(OC)c2c1[C@@H]1C[C@H]2C(Br)=[C]1[Sn]([CH3])([CH3])[CH3]. The van der Waals surface area contributed by atoms with Crippen LogP contribution in [0.25, 0.3) is 0 Å². The molecule has 0 N–H and O–H groups in total. The third kappa shape index (κ3) is 1.96. The predicted octanol–water partition coefficient (Wildman–Crippen LogP) is 4.81. The van der Waals surface area contributed by atoms with Crippen molar-refractivity contribution in [2.24, 2.45) is 0 Å². The van der Waals surface area contributed by atoms with E-state index in [0.29, 0.717) is 11.8 Å². The van der Waals surface area contributed by atoms with Crippen LogP contribution in [-0.2, 0) is 0 Å². The minimum atomic E-state index is -2.11. The summed E-state index contributed by atoms with van der Waals surface area (Å²) in [5, 5.41) is 0. The summed E-state index contributed by atoms with van der Waals surface area (Å²) in [5.41, 5.74) is 2.74. The Kier molecular flexibility index (Phi) is 3.65. The topological polar surface area (TPSA) is 18.5 Å². The maximum atomic E-state index is 5.64. The molecule has 4 heteroatoms. The van der Waals surface area contributed by atoms with Crippen molar-refractivity contribution in [3.8, 4) is 11.5 Å². The second-order valence-electron chi connectivity index (χ2n) is 6.65. The zero-order valence-electron chi connectivity index (χ0n) is 12.7. The average molecular weight is 444 g/mol. The van der Waals surface area contributed by atoms with Gasteiger partial charge in [-0.25, -0.2) is 0 Å². The second-order valence-corrected chi connectivity index (χ2v) is 21.9. The molecule has 0 fully saturated rings. The van der Waals surface area contributed by atoms with Gasteiger partial charge in [0.15, 0.2) is 0 Å². The number of benzene rings is 1. The minimum absolute atomic E-state index is 0.478. The Morgan fingerprint density at radius 1 is 1.00 bits per heavy atom. The van der Waals surface area contributed by atoms with Crippen LogP contribution in [0.4, 0.5) is 0 Å². The Morgan fingerprint density at radius 3 is 1.95 bits per heavy atom. The molecule has 3 rings (SSSR count). The van der Waals surface area contributed by atoms with E-state index < -0.39 is 18.4 Å². The van der Waals surface area contributed by atoms with Gasteiger partial charge in [-0.05, 0) is 0 Å². The first kappa shape index (κ1) is 14.8. The number of ether oxygens (including phenoxy) is 2. The van der Waals surface area contributed by atoms with Crippen LogP contribution in [-0.4, -0.2) is 32.6 Å². The molecule has 0 heterocycles. The molecule has 0 aliphatic heterocycles. The van der Waals surface area contributed by atoms with Gasteiger partial charge in [0.1, 0.15) is 0 Å². The monoisotopic (exact) mass is 444 g/mol. The third-order valence-corrected chi connectivity index (χ3v) is 12.9. The molecule has 1 aromatic rings. The number of allylic oxidation sites excluding steroid dienone is 2. The van der Waals surface area contributed by atoms with Crippen molar-refractivity contribution in [2.45, 2.75) is 33.1 Å². The summed E-state index contributed by atoms with van der Waals surface area (Å²) in [6, 6.07) is 4.10. The molecule has 0 radical (unpaired) electrons. The average Bonchev–Trinajstić information content (AvgIpc) is 2.92. The molecule has 1 aromatic carbocycles. The molecule has 0 aromatic heterocycles. The van der Waals surface area contributed by atoms with Crippen molar-refractivity contribution >= 4 is 34.3 Å². The van der Waals surface area contributed by atoms with Crippen molar-refractivity contribution in [3.63, 3.8) is 0 Å². The van der Waals surface area contributed by atoms with Crippen LogP contribution in [0.1, 0.15) is 29.4 Å². The normalized spacial score (nSPS) is 24.1. The summed E-state index contributed by atoms with van der Waals surface area (Å²) in [6.45, 7) is 0. The number of methoxy groups -OCH3 is 2. The quantitative estimate of drug-likeness (QED) is 0.624. The second kappa shape index (κ2) is 4.94. The molecule has 0 saturated carbocycles. The molecule has 0 saturated heterocycles. The van der Waals surface area contributed by atoms with Crippen LogP contribution < -0.4 is 9.47 Å². The molecule has 20 heavy (non-hydrogen) atoms. The van der Waals surface area contributed by atoms with Gasteiger partial charge < -0.3 is 0 Å². The van der Waals surface area contributed by atoms with Gasteiger partial charge in [0, 0.05) is 0 Å². The number of rotatable bonds is 3. The van der Waals surface area contributed by atoms with Gasteiger partial charge in [-0.1, -0.05) is 0 Å². The molecule has 2 aliphatic carbocycles. The van der Waals surface area contributed by atoms with Crippen LogP contribution >= 0.6 is 15.9 Å². The molecule has 2 aliphatic rings. The van der Waals surface area contributed by atoms with E-state index in [1.807, 2.05) is 6.07 Å². The van der Waals surface area contributed by atoms with Gasteiger partial charge in [-0.2, -0.15) is 0 Å². The van der Waals surface area contributed by atoms with Crippen LogP contribution in [0.3, 0.4) is 0 Å². The van der Waals surface area contributed by atoms with Gasteiger partial charge in [-0.15, -0.1) is 0 Å². The van der Waals surface area contributed by atoms with E-state index in [9.17, 15) is 0 Å². The van der Waals surface area contributed by atoms with Gasteiger partial charge in [-0.3, -0.25) is 0 Å². The van der Waals surface area contributed by atoms with Crippen molar-refractivity contribution in [2.75, 3.05) is 14.2 Å². The molecular weight excluding hydrogens is 423 g/mol. The van der Waals surface area contributed by atoms with E-state index in [1.165, 1.54) is 22.0 Å². The summed E-state index contributed by atoms with van der Waals surface area (Å²) in [7, 11) is 3.53. The van der Waals surface area contributed by atoms with Crippen molar-refractivity contribution < 1.29 is 9.47 Å². The number of fused-ring (bicyclic) bond motifs is 5.